The molecule has 0 saturated carbocycles. The van der Waals surface area contributed by atoms with Gasteiger partial charge in [0.2, 0.25) is 0 Å². The van der Waals surface area contributed by atoms with Crippen LogP contribution < -0.4 is 0 Å². The Morgan fingerprint density at radius 1 is 1.06 bits per heavy atom. The molecule has 0 aliphatic carbocycles. The van der Waals surface area contributed by atoms with Gasteiger partial charge in [0.1, 0.15) is 0 Å². The summed E-state index contributed by atoms with van der Waals surface area (Å²) < 4.78 is 12.4. The van der Waals surface area contributed by atoms with Crippen molar-refractivity contribution >= 4 is 0 Å². The Kier molecular flexibility index (Phi) is 4.55. The second-order valence-electron chi connectivity index (χ2n) is 8.65. The molecular formula is C16H32O2. The van der Waals surface area contributed by atoms with E-state index in [1.165, 1.54) is 0 Å². The lowest BCUT2D eigenvalue weighted by Gasteiger charge is -2.33. The van der Waals surface area contributed by atoms with Crippen molar-refractivity contribution in [2.45, 2.75) is 86.0 Å². The topological polar surface area (TPSA) is 18.5 Å². The molecule has 1 aliphatic rings. The molecule has 0 aromatic carbocycles. The molecule has 0 spiro atoms. The van der Waals surface area contributed by atoms with Crippen molar-refractivity contribution < 1.29 is 9.47 Å². The minimum absolute atomic E-state index is 0.0735. The standard InChI is InChI=1S/C16H32O2/c1-14(2,3)9-12-10-16(7,8)17-11-13(18-12)15(4,5)6/h12-13H,9-11H2,1-8H3. The van der Waals surface area contributed by atoms with Crippen LogP contribution in [0.4, 0.5) is 0 Å². The fraction of sp³-hybridized carbons (Fsp3) is 1.00. The number of hydrogen-bond donors (Lipinski definition) is 0. The zero-order valence-electron chi connectivity index (χ0n) is 13.6. The molecule has 0 N–H and O–H groups in total. The predicted molar refractivity (Wildman–Crippen MR) is 76.8 cm³/mol. The summed E-state index contributed by atoms with van der Waals surface area (Å²) in [6, 6.07) is 0. The molecule has 1 aliphatic heterocycles. The molecular weight excluding hydrogens is 224 g/mol. The van der Waals surface area contributed by atoms with Crippen molar-refractivity contribution in [3.8, 4) is 0 Å². The fourth-order valence-corrected chi connectivity index (χ4v) is 2.49. The van der Waals surface area contributed by atoms with Crippen molar-refractivity contribution in [3.05, 3.63) is 0 Å². The van der Waals surface area contributed by atoms with E-state index in [2.05, 4.69) is 55.4 Å². The lowest BCUT2D eigenvalue weighted by Crippen LogP contribution is -2.36. The second-order valence-corrected chi connectivity index (χ2v) is 8.65. The zero-order chi connectivity index (χ0) is 14.2. The molecule has 0 bridgehead atoms. The quantitative estimate of drug-likeness (QED) is 0.691. The van der Waals surface area contributed by atoms with E-state index in [4.69, 9.17) is 9.47 Å². The molecule has 2 nitrogen and oxygen atoms in total. The predicted octanol–water partition coefficient (Wildman–Crippen LogP) is 4.42. The first kappa shape index (κ1) is 16.0. The van der Waals surface area contributed by atoms with Crippen molar-refractivity contribution in [3.63, 3.8) is 0 Å². The molecule has 0 aromatic rings. The Morgan fingerprint density at radius 2 is 1.61 bits per heavy atom. The van der Waals surface area contributed by atoms with Gasteiger partial charge in [-0.3, -0.25) is 0 Å². The van der Waals surface area contributed by atoms with Gasteiger partial charge in [0, 0.05) is 6.42 Å². The molecule has 2 heteroatoms. The van der Waals surface area contributed by atoms with Crippen LogP contribution in [0.1, 0.15) is 68.2 Å². The summed E-state index contributed by atoms with van der Waals surface area (Å²) in [5.74, 6) is 0. The van der Waals surface area contributed by atoms with E-state index in [9.17, 15) is 0 Å². The third-order valence-electron chi connectivity index (χ3n) is 3.51. The van der Waals surface area contributed by atoms with Gasteiger partial charge in [0.15, 0.2) is 0 Å². The maximum atomic E-state index is 6.36. The van der Waals surface area contributed by atoms with Crippen LogP contribution in [0.2, 0.25) is 0 Å². The summed E-state index contributed by atoms with van der Waals surface area (Å²) >= 11 is 0. The molecule has 108 valence electrons. The summed E-state index contributed by atoms with van der Waals surface area (Å²) in [7, 11) is 0. The summed E-state index contributed by atoms with van der Waals surface area (Å²) in [5.41, 5.74) is 0.361. The first-order valence-electron chi connectivity index (χ1n) is 7.18. The molecule has 1 fully saturated rings. The fourth-order valence-electron chi connectivity index (χ4n) is 2.49. The highest BCUT2D eigenvalue weighted by Crippen LogP contribution is 2.35. The van der Waals surface area contributed by atoms with Crippen molar-refractivity contribution in [2.75, 3.05) is 6.61 Å². The SMILES string of the molecule is CC(C)(C)CC1CC(C)(C)OCC(C(C)(C)C)O1. The van der Waals surface area contributed by atoms with Crippen LogP contribution in [0.5, 0.6) is 0 Å². The van der Waals surface area contributed by atoms with E-state index in [1.54, 1.807) is 0 Å². The largest absolute Gasteiger partial charge is 0.373 e. The van der Waals surface area contributed by atoms with Gasteiger partial charge in [-0.15, -0.1) is 0 Å². The van der Waals surface area contributed by atoms with E-state index in [-0.39, 0.29) is 17.1 Å². The Morgan fingerprint density at radius 3 is 2.06 bits per heavy atom. The van der Waals surface area contributed by atoms with Gasteiger partial charge in [-0.05, 0) is 31.1 Å². The van der Waals surface area contributed by atoms with Crippen molar-refractivity contribution in [1.29, 1.82) is 0 Å². The van der Waals surface area contributed by atoms with Crippen molar-refractivity contribution in [1.82, 2.24) is 0 Å². The maximum Gasteiger partial charge on any atom is 0.0860 e. The van der Waals surface area contributed by atoms with Gasteiger partial charge in [0.05, 0.1) is 24.4 Å². The van der Waals surface area contributed by atoms with Crippen molar-refractivity contribution in [2.24, 2.45) is 10.8 Å². The molecule has 2 atom stereocenters. The Hall–Kier alpha value is -0.0800. The van der Waals surface area contributed by atoms with Crippen LogP contribution >= 0.6 is 0 Å². The van der Waals surface area contributed by atoms with Gasteiger partial charge in [0.25, 0.3) is 0 Å². The van der Waals surface area contributed by atoms with E-state index >= 15 is 0 Å². The summed E-state index contributed by atoms with van der Waals surface area (Å²) in [6.07, 6.45) is 2.56. The smallest absolute Gasteiger partial charge is 0.0860 e. The third kappa shape index (κ3) is 5.27. The first-order chi connectivity index (χ1) is 7.89. The zero-order valence-corrected chi connectivity index (χ0v) is 13.6. The third-order valence-corrected chi connectivity index (χ3v) is 3.51. The molecule has 1 rings (SSSR count). The molecule has 0 amide bonds. The molecule has 2 unspecified atom stereocenters. The summed E-state index contributed by atoms with van der Waals surface area (Å²) in [4.78, 5) is 0. The Bertz CT molecular complexity index is 268. The van der Waals surface area contributed by atoms with E-state index in [1.807, 2.05) is 0 Å². The average molecular weight is 256 g/mol. The Balaban J connectivity index is 2.81. The highest BCUT2D eigenvalue weighted by Gasteiger charge is 2.37. The normalized spacial score (nSPS) is 30.0. The lowest BCUT2D eigenvalue weighted by molar-refractivity contribution is -0.0887. The molecule has 0 radical (unpaired) electrons. The van der Waals surface area contributed by atoms with Crippen LogP contribution in [0.25, 0.3) is 0 Å². The Labute approximate surface area is 113 Å². The van der Waals surface area contributed by atoms with E-state index in [0.717, 1.165) is 12.8 Å². The van der Waals surface area contributed by atoms with Gasteiger partial charge in [-0.2, -0.15) is 0 Å². The summed E-state index contributed by atoms with van der Waals surface area (Å²) in [6.45, 7) is 18.6. The maximum absolute atomic E-state index is 6.36. The molecule has 0 aromatic heterocycles. The minimum atomic E-state index is -0.0735. The van der Waals surface area contributed by atoms with Gasteiger partial charge in [-0.1, -0.05) is 41.5 Å². The number of hydrogen-bond acceptors (Lipinski definition) is 2. The molecule has 1 heterocycles. The van der Waals surface area contributed by atoms with Gasteiger partial charge >= 0.3 is 0 Å². The highest BCUT2D eigenvalue weighted by atomic mass is 16.6. The van der Waals surface area contributed by atoms with Gasteiger partial charge < -0.3 is 9.47 Å². The minimum Gasteiger partial charge on any atom is -0.373 e. The lowest BCUT2D eigenvalue weighted by atomic mass is 9.85. The first-order valence-corrected chi connectivity index (χ1v) is 7.18. The molecule has 18 heavy (non-hydrogen) atoms. The van der Waals surface area contributed by atoms with Gasteiger partial charge in [-0.25, -0.2) is 0 Å². The van der Waals surface area contributed by atoms with Crippen LogP contribution in [0.3, 0.4) is 0 Å². The average Bonchev–Trinajstić information content (AvgIpc) is 2.19. The van der Waals surface area contributed by atoms with Crippen LogP contribution in [0.15, 0.2) is 0 Å². The van der Waals surface area contributed by atoms with E-state index in [0.29, 0.717) is 18.1 Å². The van der Waals surface area contributed by atoms with Crippen LogP contribution in [-0.2, 0) is 9.47 Å². The second kappa shape index (κ2) is 5.13. The highest BCUT2D eigenvalue weighted by molar-refractivity contribution is 4.86. The molecule has 1 saturated heterocycles. The number of rotatable bonds is 1. The van der Waals surface area contributed by atoms with Crippen LogP contribution in [-0.4, -0.2) is 24.4 Å². The van der Waals surface area contributed by atoms with Crippen LogP contribution in [0, 0.1) is 10.8 Å². The van der Waals surface area contributed by atoms with E-state index < -0.39 is 0 Å². The monoisotopic (exact) mass is 256 g/mol. The summed E-state index contributed by atoms with van der Waals surface area (Å²) in [5, 5.41) is 0. The number of ether oxygens (including phenoxy) is 2.